The van der Waals surface area contributed by atoms with Gasteiger partial charge in [0, 0.05) is 17.0 Å². The highest BCUT2D eigenvalue weighted by atomic mass is 35.5. The molecule has 3 aromatic carbocycles. The maximum Gasteiger partial charge on any atom is 0.416 e. The number of halogens is 6. The lowest BCUT2D eigenvalue weighted by molar-refractivity contribution is -0.138. The maximum atomic E-state index is 14.5. The second-order valence-corrected chi connectivity index (χ2v) is 10.5. The van der Waals surface area contributed by atoms with Crippen LogP contribution >= 0.6 is 11.6 Å². The SMILES string of the molecule is O=C(O)CC[C@H]1CN(S(=O)(=O)c2cccc(C(F)(F)F)c2)c2cc(-c3cc(Cl)cc(F)c3F)ccc2O1. The minimum absolute atomic E-state index is 0.0227. The third-order valence-corrected chi connectivity index (χ3v) is 7.62. The Morgan fingerprint density at radius 3 is 2.51 bits per heavy atom. The number of rotatable bonds is 6. The highest BCUT2D eigenvalue weighted by molar-refractivity contribution is 7.92. The largest absolute Gasteiger partial charge is 0.486 e. The number of benzene rings is 3. The molecule has 1 N–H and O–H groups in total. The topological polar surface area (TPSA) is 83.9 Å². The normalized spacial score (nSPS) is 15.7. The molecule has 0 aliphatic carbocycles. The van der Waals surface area contributed by atoms with E-state index in [1.165, 1.54) is 18.2 Å². The van der Waals surface area contributed by atoms with E-state index in [1.807, 2.05) is 0 Å². The van der Waals surface area contributed by atoms with E-state index in [0.29, 0.717) is 6.07 Å². The molecular weight excluding hydrogens is 545 g/mol. The standard InChI is InChI=1S/C24H17ClF5NO5S/c25-15-10-18(23(27)19(26)11-15)13-4-6-21-20(8-13)31(12-16(36-21)5-7-22(32)33)37(34,35)17-3-1-2-14(9-17)24(28,29)30/h1-4,6,8-11,16H,5,7,12H2,(H,32,33)/t16-/m0/s1. The first-order valence-electron chi connectivity index (χ1n) is 10.6. The number of alkyl halides is 3. The number of carbonyl (C=O) groups is 1. The summed E-state index contributed by atoms with van der Waals surface area (Å²) in [5.41, 5.74) is -1.59. The predicted octanol–water partition coefficient (Wildman–Crippen LogP) is 6.13. The molecule has 13 heteroatoms. The Morgan fingerprint density at radius 2 is 1.84 bits per heavy atom. The lowest BCUT2D eigenvalue weighted by Crippen LogP contribution is -2.43. The lowest BCUT2D eigenvalue weighted by atomic mass is 10.0. The van der Waals surface area contributed by atoms with Crippen LogP contribution in [0.4, 0.5) is 27.6 Å². The van der Waals surface area contributed by atoms with Crippen molar-refractivity contribution >= 4 is 33.3 Å². The first-order chi connectivity index (χ1) is 17.3. The number of carboxylic acid groups (broad SMARTS) is 1. The Hall–Kier alpha value is -3.38. The molecule has 0 spiro atoms. The number of hydrogen-bond donors (Lipinski definition) is 1. The van der Waals surface area contributed by atoms with Crippen LogP contribution < -0.4 is 9.04 Å². The number of aliphatic carboxylic acids is 1. The summed E-state index contributed by atoms with van der Waals surface area (Å²) in [6.45, 7) is -0.436. The van der Waals surface area contributed by atoms with Crippen LogP contribution in [-0.4, -0.2) is 32.1 Å². The Balaban J connectivity index is 1.85. The summed E-state index contributed by atoms with van der Waals surface area (Å²) in [5.74, 6) is -3.68. The molecule has 0 amide bonds. The second-order valence-electron chi connectivity index (χ2n) is 8.17. The van der Waals surface area contributed by atoms with Crippen LogP contribution in [0.2, 0.25) is 5.02 Å². The van der Waals surface area contributed by atoms with E-state index in [9.17, 15) is 35.2 Å². The fourth-order valence-electron chi connectivity index (χ4n) is 3.87. The maximum absolute atomic E-state index is 14.5. The number of nitrogens with zero attached hydrogens (tertiary/aromatic N) is 1. The minimum atomic E-state index is -4.81. The fourth-order valence-corrected chi connectivity index (χ4v) is 5.62. The van der Waals surface area contributed by atoms with E-state index in [0.717, 1.165) is 34.6 Å². The van der Waals surface area contributed by atoms with Crippen LogP contribution in [0.1, 0.15) is 18.4 Å². The predicted molar refractivity (Wildman–Crippen MR) is 124 cm³/mol. The Kier molecular flexibility index (Phi) is 7.08. The minimum Gasteiger partial charge on any atom is -0.486 e. The second kappa shape index (κ2) is 9.82. The number of ether oxygens (including phenoxy) is 1. The van der Waals surface area contributed by atoms with Gasteiger partial charge in [0.15, 0.2) is 11.6 Å². The van der Waals surface area contributed by atoms with Crippen molar-refractivity contribution in [2.24, 2.45) is 0 Å². The molecule has 0 radical (unpaired) electrons. The van der Waals surface area contributed by atoms with Gasteiger partial charge in [-0.05, 0) is 54.4 Å². The zero-order chi connectivity index (χ0) is 27.1. The number of fused-ring (bicyclic) bond motifs is 1. The van der Waals surface area contributed by atoms with E-state index in [2.05, 4.69) is 0 Å². The average molecular weight is 562 g/mol. The van der Waals surface area contributed by atoms with Crippen LogP contribution in [-0.2, 0) is 21.0 Å². The van der Waals surface area contributed by atoms with Gasteiger partial charge in [0.2, 0.25) is 0 Å². The zero-order valence-electron chi connectivity index (χ0n) is 18.6. The zero-order valence-corrected chi connectivity index (χ0v) is 20.2. The molecule has 1 heterocycles. The van der Waals surface area contributed by atoms with Gasteiger partial charge in [-0.1, -0.05) is 23.7 Å². The monoisotopic (exact) mass is 561 g/mol. The molecule has 6 nitrogen and oxygen atoms in total. The van der Waals surface area contributed by atoms with Gasteiger partial charge in [-0.3, -0.25) is 9.10 Å². The van der Waals surface area contributed by atoms with Crippen LogP contribution in [0.3, 0.4) is 0 Å². The summed E-state index contributed by atoms with van der Waals surface area (Å²) in [6.07, 6.45) is -6.21. The molecule has 0 fully saturated rings. The number of carboxylic acids is 1. The van der Waals surface area contributed by atoms with Crippen molar-refractivity contribution in [3.05, 3.63) is 76.8 Å². The Bertz CT molecular complexity index is 1480. The molecule has 1 aliphatic heterocycles. The molecule has 0 saturated carbocycles. The Labute approximate surface area is 212 Å². The average Bonchev–Trinajstić information content (AvgIpc) is 2.83. The molecule has 196 valence electrons. The van der Waals surface area contributed by atoms with Crippen molar-refractivity contribution in [3.8, 4) is 16.9 Å². The van der Waals surface area contributed by atoms with Crippen molar-refractivity contribution in [2.75, 3.05) is 10.8 Å². The van der Waals surface area contributed by atoms with Crippen LogP contribution in [0, 0.1) is 11.6 Å². The Morgan fingerprint density at radius 1 is 1.11 bits per heavy atom. The van der Waals surface area contributed by atoms with Crippen molar-refractivity contribution in [2.45, 2.75) is 30.0 Å². The van der Waals surface area contributed by atoms with Gasteiger partial charge in [-0.25, -0.2) is 17.2 Å². The summed E-state index contributed by atoms with van der Waals surface area (Å²) in [7, 11) is -4.64. The number of hydrogen-bond acceptors (Lipinski definition) is 4. The van der Waals surface area contributed by atoms with Gasteiger partial charge in [-0.15, -0.1) is 0 Å². The third-order valence-electron chi connectivity index (χ3n) is 5.62. The van der Waals surface area contributed by atoms with Gasteiger partial charge >= 0.3 is 12.1 Å². The fraction of sp³-hybridized carbons (Fsp3) is 0.208. The molecule has 0 aromatic heterocycles. The van der Waals surface area contributed by atoms with E-state index in [-0.39, 0.29) is 40.4 Å². The van der Waals surface area contributed by atoms with Gasteiger partial charge < -0.3 is 9.84 Å². The van der Waals surface area contributed by atoms with Crippen LogP contribution in [0.15, 0.2) is 59.5 Å². The third kappa shape index (κ3) is 5.49. The molecule has 0 unspecified atom stereocenters. The molecule has 37 heavy (non-hydrogen) atoms. The summed E-state index contributed by atoms with van der Waals surface area (Å²) < 4.78 is 102. The van der Waals surface area contributed by atoms with Gasteiger partial charge in [0.1, 0.15) is 11.9 Å². The molecular formula is C24H17ClF5NO5S. The van der Waals surface area contributed by atoms with Crippen LogP contribution in [0.5, 0.6) is 5.75 Å². The molecule has 1 atom stereocenters. The van der Waals surface area contributed by atoms with Gasteiger partial charge in [0.05, 0.1) is 22.7 Å². The van der Waals surface area contributed by atoms with Crippen LogP contribution in [0.25, 0.3) is 11.1 Å². The van der Waals surface area contributed by atoms with Crippen molar-refractivity contribution < 1.29 is 45.0 Å². The molecule has 4 rings (SSSR count). The number of anilines is 1. The molecule has 0 bridgehead atoms. The quantitative estimate of drug-likeness (QED) is 0.289. The summed E-state index contributed by atoms with van der Waals surface area (Å²) in [6, 6.07) is 8.81. The highest BCUT2D eigenvalue weighted by Gasteiger charge is 2.37. The van der Waals surface area contributed by atoms with Gasteiger partial charge in [-0.2, -0.15) is 13.2 Å². The van der Waals surface area contributed by atoms with Crippen molar-refractivity contribution in [3.63, 3.8) is 0 Å². The molecule has 1 aliphatic rings. The first-order valence-corrected chi connectivity index (χ1v) is 12.5. The van der Waals surface area contributed by atoms with E-state index in [1.54, 1.807) is 0 Å². The van der Waals surface area contributed by atoms with Crippen molar-refractivity contribution in [1.82, 2.24) is 0 Å². The van der Waals surface area contributed by atoms with Crippen molar-refractivity contribution in [1.29, 1.82) is 0 Å². The summed E-state index contributed by atoms with van der Waals surface area (Å²) in [5, 5.41) is 8.89. The molecule has 0 saturated heterocycles. The first kappa shape index (κ1) is 26.7. The summed E-state index contributed by atoms with van der Waals surface area (Å²) >= 11 is 5.85. The smallest absolute Gasteiger partial charge is 0.416 e. The summed E-state index contributed by atoms with van der Waals surface area (Å²) in [4.78, 5) is 10.4. The molecule has 3 aromatic rings. The number of sulfonamides is 1. The van der Waals surface area contributed by atoms with E-state index in [4.69, 9.17) is 21.4 Å². The lowest BCUT2D eigenvalue weighted by Gasteiger charge is -2.36. The highest BCUT2D eigenvalue weighted by Crippen LogP contribution is 2.42. The van der Waals surface area contributed by atoms with E-state index < -0.39 is 56.9 Å². The van der Waals surface area contributed by atoms with Gasteiger partial charge in [0.25, 0.3) is 10.0 Å². The van der Waals surface area contributed by atoms with E-state index >= 15 is 0 Å².